The lowest BCUT2D eigenvalue weighted by molar-refractivity contribution is -0.124. The maximum absolute atomic E-state index is 12.4. The number of amides is 1. The standard InChI is InChI=1S/C15H26N4O/c1-15(2)7-5-12(6-8-15)18-14(20)13(16-3)11-9-17-19(4)10-11/h9-10,12-13,16H,5-8H2,1-4H3,(H,18,20). The molecule has 1 fully saturated rings. The Labute approximate surface area is 121 Å². The molecular weight excluding hydrogens is 252 g/mol. The second kappa shape index (κ2) is 5.95. The van der Waals surface area contributed by atoms with Crippen molar-refractivity contribution in [3.05, 3.63) is 18.0 Å². The van der Waals surface area contributed by atoms with Gasteiger partial charge < -0.3 is 10.6 Å². The molecule has 1 atom stereocenters. The highest BCUT2D eigenvalue weighted by Gasteiger charge is 2.29. The van der Waals surface area contributed by atoms with Crippen LogP contribution in [0.4, 0.5) is 0 Å². The number of rotatable bonds is 4. The first kappa shape index (κ1) is 15.0. The van der Waals surface area contributed by atoms with Gasteiger partial charge in [-0.25, -0.2) is 0 Å². The second-order valence-electron chi connectivity index (χ2n) is 6.62. The molecule has 0 aliphatic heterocycles. The number of nitrogens with one attached hydrogen (secondary N) is 2. The van der Waals surface area contributed by atoms with Gasteiger partial charge in [0, 0.05) is 24.8 Å². The molecule has 2 N–H and O–H groups in total. The lowest BCUT2D eigenvalue weighted by atomic mass is 9.75. The predicted octanol–water partition coefficient (Wildman–Crippen LogP) is 1.77. The van der Waals surface area contributed by atoms with Crippen molar-refractivity contribution in [2.45, 2.75) is 51.6 Å². The summed E-state index contributed by atoms with van der Waals surface area (Å²) in [6.45, 7) is 4.61. The van der Waals surface area contributed by atoms with Crippen molar-refractivity contribution in [1.82, 2.24) is 20.4 Å². The van der Waals surface area contributed by atoms with Crippen molar-refractivity contribution in [1.29, 1.82) is 0 Å². The number of hydrogen-bond acceptors (Lipinski definition) is 3. The Balaban J connectivity index is 1.93. The van der Waals surface area contributed by atoms with Crippen LogP contribution in [0.2, 0.25) is 0 Å². The fraction of sp³-hybridized carbons (Fsp3) is 0.733. The summed E-state index contributed by atoms with van der Waals surface area (Å²) in [4.78, 5) is 12.4. The fourth-order valence-corrected chi connectivity index (χ4v) is 2.87. The smallest absolute Gasteiger partial charge is 0.242 e. The number of nitrogens with zero attached hydrogens (tertiary/aromatic N) is 2. The summed E-state index contributed by atoms with van der Waals surface area (Å²) in [6.07, 6.45) is 8.12. The first-order valence-corrected chi connectivity index (χ1v) is 7.37. The van der Waals surface area contributed by atoms with Crippen LogP contribution < -0.4 is 10.6 Å². The molecule has 0 bridgehead atoms. The molecule has 1 amide bonds. The zero-order valence-corrected chi connectivity index (χ0v) is 12.9. The molecule has 2 rings (SSSR count). The Hall–Kier alpha value is -1.36. The molecule has 1 heterocycles. The van der Waals surface area contributed by atoms with Gasteiger partial charge in [-0.15, -0.1) is 0 Å². The van der Waals surface area contributed by atoms with Crippen molar-refractivity contribution in [2.75, 3.05) is 7.05 Å². The van der Waals surface area contributed by atoms with Crippen molar-refractivity contribution < 1.29 is 4.79 Å². The highest BCUT2D eigenvalue weighted by Crippen LogP contribution is 2.35. The second-order valence-corrected chi connectivity index (χ2v) is 6.62. The minimum atomic E-state index is -0.321. The van der Waals surface area contributed by atoms with Gasteiger partial charge in [0.2, 0.25) is 5.91 Å². The van der Waals surface area contributed by atoms with Gasteiger partial charge in [0.25, 0.3) is 0 Å². The summed E-state index contributed by atoms with van der Waals surface area (Å²) in [5.41, 5.74) is 1.33. The number of carbonyl (C=O) groups is 1. The molecule has 20 heavy (non-hydrogen) atoms. The molecule has 5 heteroatoms. The van der Waals surface area contributed by atoms with E-state index in [-0.39, 0.29) is 11.9 Å². The summed E-state index contributed by atoms with van der Waals surface area (Å²) in [6, 6.07) is -0.0123. The van der Waals surface area contributed by atoms with Crippen LogP contribution in [-0.2, 0) is 11.8 Å². The zero-order valence-electron chi connectivity index (χ0n) is 12.9. The molecule has 1 unspecified atom stereocenters. The van der Waals surface area contributed by atoms with Crippen LogP contribution >= 0.6 is 0 Å². The lowest BCUT2D eigenvalue weighted by Crippen LogP contribution is -2.44. The summed E-state index contributed by atoms with van der Waals surface area (Å²) in [5.74, 6) is 0.0465. The minimum absolute atomic E-state index is 0.0465. The van der Waals surface area contributed by atoms with E-state index in [9.17, 15) is 4.79 Å². The van der Waals surface area contributed by atoms with Crippen LogP contribution in [0.3, 0.4) is 0 Å². The van der Waals surface area contributed by atoms with Crippen LogP contribution in [0, 0.1) is 5.41 Å². The Kier molecular flexibility index (Phi) is 4.48. The molecule has 1 aliphatic rings. The van der Waals surface area contributed by atoms with Crippen LogP contribution in [0.15, 0.2) is 12.4 Å². The molecule has 1 aliphatic carbocycles. The molecule has 0 aromatic carbocycles. The van der Waals surface area contributed by atoms with E-state index in [2.05, 4.69) is 29.6 Å². The molecule has 0 radical (unpaired) electrons. The minimum Gasteiger partial charge on any atom is -0.352 e. The Morgan fingerprint density at radius 1 is 1.45 bits per heavy atom. The summed E-state index contributed by atoms with van der Waals surface area (Å²) in [7, 11) is 3.67. The predicted molar refractivity (Wildman–Crippen MR) is 79.2 cm³/mol. The van der Waals surface area contributed by atoms with Crippen LogP contribution in [-0.4, -0.2) is 28.8 Å². The van der Waals surface area contributed by atoms with E-state index in [4.69, 9.17) is 0 Å². The maximum Gasteiger partial charge on any atom is 0.242 e. The molecular formula is C15H26N4O. The normalized spacial score (nSPS) is 20.6. The van der Waals surface area contributed by atoms with E-state index in [1.807, 2.05) is 13.2 Å². The van der Waals surface area contributed by atoms with Crippen molar-refractivity contribution in [3.8, 4) is 0 Å². The number of hydrogen-bond donors (Lipinski definition) is 2. The molecule has 5 nitrogen and oxygen atoms in total. The SMILES string of the molecule is CNC(C(=O)NC1CCC(C)(C)CC1)c1cnn(C)c1. The summed E-state index contributed by atoms with van der Waals surface area (Å²) in [5, 5.41) is 10.4. The number of aromatic nitrogens is 2. The van der Waals surface area contributed by atoms with E-state index in [0.29, 0.717) is 11.5 Å². The highest BCUT2D eigenvalue weighted by atomic mass is 16.2. The van der Waals surface area contributed by atoms with E-state index in [1.165, 1.54) is 12.8 Å². The largest absolute Gasteiger partial charge is 0.352 e. The van der Waals surface area contributed by atoms with Crippen molar-refractivity contribution in [2.24, 2.45) is 12.5 Å². The molecule has 112 valence electrons. The summed E-state index contributed by atoms with van der Waals surface area (Å²) < 4.78 is 1.72. The van der Waals surface area contributed by atoms with Gasteiger partial charge in [0.15, 0.2) is 0 Å². The average molecular weight is 278 g/mol. The number of likely N-dealkylation sites (N-methyl/N-ethyl adjacent to an activating group) is 1. The fourth-order valence-electron chi connectivity index (χ4n) is 2.87. The molecule has 1 aromatic rings. The maximum atomic E-state index is 12.4. The Bertz CT molecular complexity index is 456. The van der Waals surface area contributed by atoms with Crippen molar-refractivity contribution in [3.63, 3.8) is 0 Å². The third-order valence-corrected chi connectivity index (χ3v) is 4.29. The third-order valence-electron chi connectivity index (χ3n) is 4.29. The Morgan fingerprint density at radius 2 is 2.10 bits per heavy atom. The molecule has 1 saturated carbocycles. The van der Waals surface area contributed by atoms with E-state index in [1.54, 1.807) is 17.9 Å². The molecule has 0 saturated heterocycles. The molecule has 0 spiro atoms. The van der Waals surface area contributed by atoms with Crippen LogP contribution in [0.1, 0.15) is 51.1 Å². The zero-order chi connectivity index (χ0) is 14.8. The van der Waals surface area contributed by atoms with Gasteiger partial charge in [0.1, 0.15) is 6.04 Å². The van der Waals surface area contributed by atoms with E-state index in [0.717, 1.165) is 18.4 Å². The number of carbonyl (C=O) groups excluding carboxylic acids is 1. The van der Waals surface area contributed by atoms with E-state index < -0.39 is 0 Å². The number of aryl methyl sites for hydroxylation is 1. The van der Waals surface area contributed by atoms with Gasteiger partial charge in [-0.2, -0.15) is 5.10 Å². The van der Waals surface area contributed by atoms with Crippen LogP contribution in [0.5, 0.6) is 0 Å². The third kappa shape index (κ3) is 3.60. The quantitative estimate of drug-likeness (QED) is 0.882. The van der Waals surface area contributed by atoms with Gasteiger partial charge in [-0.3, -0.25) is 9.48 Å². The first-order valence-electron chi connectivity index (χ1n) is 7.37. The monoisotopic (exact) mass is 278 g/mol. The lowest BCUT2D eigenvalue weighted by Gasteiger charge is -2.35. The topological polar surface area (TPSA) is 59.0 Å². The average Bonchev–Trinajstić information content (AvgIpc) is 2.79. The van der Waals surface area contributed by atoms with Gasteiger partial charge >= 0.3 is 0 Å². The summed E-state index contributed by atoms with van der Waals surface area (Å²) >= 11 is 0. The van der Waals surface area contributed by atoms with Crippen molar-refractivity contribution >= 4 is 5.91 Å². The highest BCUT2D eigenvalue weighted by molar-refractivity contribution is 5.83. The Morgan fingerprint density at radius 3 is 2.60 bits per heavy atom. The molecule has 1 aromatic heterocycles. The first-order chi connectivity index (χ1) is 9.41. The van der Waals surface area contributed by atoms with Crippen LogP contribution in [0.25, 0.3) is 0 Å². The van der Waals surface area contributed by atoms with Gasteiger partial charge in [-0.05, 0) is 38.1 Å². The van der Waals surface area contributed by atoms with Gasteiger partial charge in [0.05, 0.1) is 6.20 Å². The van der Waals surface area contributed by atoms with Gasteiger partial charge in [-0.1, -0.05) is 13.8 Å². The van der Waals surface area contributed by atoms with E-state index >= 15 is 0 Å².